The smallest absolute Gasteiger partial charge is 0.155 e. The summed E-state index contributed by atoms with van der Waals surface area (Å²) in [5.74, 6) is 1.68. The molecule has 0 atom stereocenters. The number of furan rings is 1. The topological polar surface area (TPSA) is 38.4 Å². The van der Waals surface area contributed by atoms with Gasteiger partial charge in [-0.2, -0.15) is 0 Å². The van der Waals surface area contributed by atoms with Crippen LogP contribution in [0.2, 0.25) is 0 Å². The van der Waals surface area contributed by atoms with Gasteiger partial charge in [-0.05, 0) is 25.1 Å². The van der Waals surface area contributed by atoms with E-state index in [4.69, 9.17) is 4.42 Å². The van der Waals surface area contributed by atoms with Crippen LogP contribution in [0.3, 0.4) is 0 Å². The van der Waals surface area contributed by atoms with Gasteiger partial charge in [0.05, 0.1) is 0 Å². The molecule has 0 saturated carbocycles. The molecule has 0 radical (unpaired) electrons. The number of aliphatic imine (C=N–C) groups is 1. The summed E-state index contributed by atoms with van der Waals surface area (Å²) in [6, 6.07) is 12.3. The number of fused-ring (bicyclic) bond motifs is 2. The summed E-state index contributed by atoms with van der Waals surface area (Å²) in [6.45, 7) is 6.42. The zero-order valence-electron chi connectivity index (χ0n) is 12.3. The Balaban J connectivity index is 1.87. The average Bonchev–Trinajstić information content (AvgIpc) is 2.99. The zero-order chi connectivity index (χ0) is 14.6. The van der Waals surface area contributed by atoms with Gasteiger partial charge in [-0.1, -0.05) is 32.0 Å². The maximum absolute atomic E-state index is 5.93. The zero-order valence-corrected chi connectivity index (χ0v) is 12.3. The molecule has 4 rings (SSSR count). The van der Waals surface area contributed by atoms with Crippen LogP contribution in [0, 0.1) is 0 Å². The van der Waals surface area contributed by atoms with Crippen molar-refractivity contribution in [3.05, 3.63) is 48.2 Å². The molecule has 0 saturated heterocycles. The van der Waals surface area contributed by atoms with E-state index in [1.807, 2.05) is 24.4 Å². The third kappa shape index (κ3) is 1.74. The number of para-hydroxylation sites is 1. The molecule has 21 heavy (non-hydrogen) atoms. The predicted molar refractivity (Wildman–Crippen MR) is 85.2 cm³/mol. The molecule has 0 amide bonds. The first kappa shape index (κ1) is 12.3. The number of rotatable bonds is 1. The van der Waals surface area contributed by atoms with Crippen LogP contribution in [0.4, 0.5) is 5.82 Å². The van der Waals surface area contributed by atoms with Crippen molar-refractivity contribution in [2.24, 2.45) is 4.99 Å². The number of nitrogens with zero attached hydrogens (tertiary/aromatic N) is 2. The number of aromatic nitrogens is 1. The number of hydrogen-bond acceptors (Lipinski definition) is 3. The largest absolute Gasteiger partial charge is 0.456 e. The van der Waals surface area contributed by atoms with Gasteiger partial charge in [0.1, 0.15) is 11.3 Å². The lowest BCUT2D eigenvalue weighted by atomic mass is 9.82. The Kier molecular flexibility index (Phi) is 2.37. The van der Waals surface area contributed by atoms with Gasteiger partial charge in [-0.3, -0.25) is 0 Å². The van der Waals surface area contributed by atoms with Crippen LogP contribution in [0.25, 0.3) is 22.3 Å². The Hall–Kier alpha value is -2.42. The van der Waals surface area contributed by atoms with Crippen molar-refractivity contribution in [1.29, 1.82) is 0 Å². The van der Waals surface area contributed by atoms with Crippen LogP contribution in [0.15, 0.2) is 52.0 Å². The van der Waals surface area contributed by atoms with Crippen LogP contribution in [0.5, 0.6) is 0 Å². The third-order valence-corrected chi connectivity index (χ3v) is 4.43. The van der Waals surface area contributed by atoms with Crippen LogP contribution in [0.1, 0.15) is 26.3 Å². The normalized spacial score (nSPS) is 16.0. The van der Waals surface area contributed by atoms with Gasteiger partial charge in [-0.15, -0.1) is 0 Å². The maximum Gasteiger partial charge on any atom is 0.155 e. The summed E-state index contributed by atoms with van der Waals surface area (Å²) in [7, 11) is 0. The minimum atomic E-state index is -0.0651. The number of hydrogen-bond donors (Lipinski definition) is 0. The average molecular weight is 276 g/mol. The van der Waals surface area contributed by atoms with Crippen molar-refractivity contribution in [2.75, 3.05) is 0 Å². The molecule has 3 aromatic rings. The van der Waals surface area contributed by atoms with Gasteiger partial charge >= 0.3 is 0 Å². The van der Waals surface area contributed by atoms with Crippen molar-refractivity contribution >= 4 is 22.5 Å². The second kappa shape index (κ2) is 4.04. The second-order valence-electron chi connectivity index (χ2n) is 6.07. The fourth-order valence-corrected chi connectivity index (χ4v) is 2.76. The molecular formula is C18H16N2O. The molecule has 2 aromatic heterocycles. The highest BCUT2D eigenvalue weighted by atomic mass is 16.3. The monoisotopic (exact) mass is 276 g/mol. The van der Waals surface area contributed by atoms with Crippen molar-refractivity contribution in [2.45, 2.75) is 26.2 Å². The lowest BCUT2D eigenvalue weighted by Crippen LogP contribution is -2.22. The lowest BCUT2D eigenvalue weighted by Gasteiger charge is -2.19. The van der Waals surface area contributed by atoms with Crippen LogP contribution >= 0.6 is 0 Å². The highest BCUT2D eigenvalue weighted by Crippen LogP contribution is 2.40. The van der Waals surface area contributed by atoms with Gasteiger partial charge in [0, 0.05) is 33.8 Å². The summed E-state index contributed by atoms with van der Waals surface area (Å²) in [6.07, 6.45) is 1.84. The fourth-order valence-electron chi connectivity index (χ4n) is 2.76. The molecule has 1 aromatic carbocycles. The molecule has 3 heteroatoms. The Labute approximate surface area is 123 Å². The van der Waals surface area contributed by atoms with E-state index in [0.717, 1.165) is 39.4 Å². The molecule has 0 fully saturated rings. The third-order valence-electron chi connectivity index (χ3n) is 4.43. The molecule has 3 heterocycles. The molecule has 0 spiro atoms. The summed E-state index contributed by atoms with van der Waals surface area (Å²) in [5.41, 5.74) is 4.11. The van der Waals surface area contributed by atoms with E-state index in [2.05, 4.69) is 48.9 Å². The quantitative estimate of drug-likeness (QED) is 0.635. The standard InChI is InChI=1S/C18H16N2O/c1-11-18(2,3)14-8-13(10-19-17(14)20-11)16-9-12-6-4-5-7-15(12)21-16/h4-10H,1-3H3. The van der Waals surface area contributed by atoms with Crippen molar-refractivity contribution in [3.63, 3.8) is 0 Å². The van der Waals surface area contributed by atoms with Gasteiger partial charge in [0.25, 0.3) is 0 Å². The summed E-state index contributed by atoms with van der Waals surface area (Å²) >= 11 is 0. The minimum Gasteiger partial charge on any atom is -0.456 e. The van der Waals surface area contributed by atoms with Gasteiger partial charge < -0.3 is 4.42 Å². The lowest BCUT2D eigenvalue weighted by molar-refractivity contribution is 0.630. The summed E-state index contributed by atoms with van der Waals surface area (Å²) < 4.78 is 5.93. The van der Waals surface area contributed by atoms with E-state index in [9.17, 15) is 0 Å². The van der Waals surface area contributed by atoms with E-state index in [-0.39, 0.29) is 5.41 Å². The molecule has 0 bridgehead atoms. The first-order chi connectivity index (χ1) is 10.1. The van der Waals surface area contributed by atoms with E-state index >= 15 is 0 Å². The van der Waals surface area contributed by atoms with Crippen molar-refractivity contribution < 1.29 is 4.42 Å². The maximum atomic E-state index is 5.93. The Bertz CT molecular complexity index is 854. The highest BCUT2D eigenvalue weighted by Gasteiger charge is 2.33. The SMILES string of the molecule is CC1=Nc2ncc(-c3cc4ccccc4o3)cc2C1(C)C. The first-order valence-electron chi connectivity index (χ1n) is 7.11. The molecule has 0 N–H and O–H groups in total. The minimum absolute atomic E-state index is 0.0651. The molecule has 104 valence electrons. The van der Waals surface area contributed by atoms with Gasteiger partial charge in [-0.25, -0.2) is 9.98 Å². The number of benzene rings is 1. The van der Waals surface area contributed by atoms with E-state index in [1.54, 1.807) is 0 Å². The van der Waals surface area contributed by atoms with Crippen LogP contribution in [-0.4, -0.2) is 10.7 Å². The van der Waals surface area contributed by atoms with Gasteiger partial charge in [0.15, 0.2) is 5.82 Å². The molecule has 0 aliphatic carbocycles. The Morgan fingerprint density at radius 1 is 1.10 bits per heavy atom. The van der Waals surface area contributed by atoms with E-state index in [1.165, 1.54) is 0 Å². The molecule has 0 unspecified atom stereocenters. The van der Waals surface area contributed by atoms with E-state index in [0.29, 0.717) is 0 Å². The molecular weight excluding hydrogens is 260 g/mol. The van der Waals surface area contributed by atoms with Crippen LogP contribution < -0.4 is 0 Å². The molecule has 1 aliphatic rings. The number of pyridine rings is 1. The second-order valence-corrected chi connectivity index (χ2v) is 6.07. The van der Waals surface area contributed by atoms with Crippen molar-refractivity contribution in [1.82, 2.24) is 4.98 Å². The summed E-state index contributed by atoms with van der Waals surface area (Å²) in [5, 5.41) is 1.11. The highest BCUT2D eigenvalue weighted by molar-refractivity contribution is 5.99. The molecule has 3 nitrogen and oxygen atoms in total. The summed E-state index contributed by atoms with van der Waals surface area (Å²) in [4.78, 5) is 9.06. The Morgan fingerprint density at radius 2 is 1.90 bits per heavy atom. The fraction of sp³-hybridized carbons (Fsp3) is 0.222. The molecule has 1 aliphatic heterocycles. The predicted octanol–water partition coefficient (Wildman–Crippen LogP) is 4.88. The van der Waals surface area contributed by atoms with Crippen molar-refractivity contribution in [3.8, 4) is 11.3 Å². The first-order valence-corrected chi connectivity index (χ1v) is 7.11. The Morgan fingerprint density at radius 3 is 2.71 bits per heavy atom. The van der Waals surface area contributed by atoms with E-state index < -0.39 is 0 Å². The van der Waals surface area contributed by atoms with Gasteiger partial charge in [0.2, 0.25) is 0 Å². The van der Waals surface area contributed by atoms with Crippen LogP contribution in [-0.2, 0) is 5.41 Å².